The average molecular weight is 359 g/mol. The van der Waals surface area contributed by atoms with Gasteiger partial charge in [-0.05, 0) is 35.6 Å². The molecule has 0 aromatic heterocycles. The topological polar surface area (TPSA) is 29.1 Å². The van der Waals surface area contributed by atoms with Crippen LogP contribution in [0.15, 0.2) is 89.8 Å². The zero-order valence-electron chi connectivity index (χ0n) is 14.5. The average Bonchev–Trinajstić information content (AvgIpc) is 3.13. The molecular weight excluding hydrogens is 338 g/mol. The second kappa shape index (κ2) is 7.79. The lowest BCUT2D eigenvalue weighted by atomic mass is 9.98. The summed E-state index contributed by atoms with van der Waals surface area (Å²) in [5.74, 6) is 0.121. The first-order chi connectivity index (χ1) is 12.8. The molecule has 2 unspecified atom stereocenters. The fourth-order valence-electron chi connectivity index (χ4n) is 3.38. The Kier molecular flexibility index (Phi) is 5.07. The summed E-state index contributed by atoms with van der Waals surface area (Å²) in [5.41, 5.74) is 3.64. The van der Waals surface area contributed by atoms with Gasteiger partial charge in [0, 0.05) is 4.90 Å². The lowest BCUT2D eigenvalue weighted by Crippen LogP contribution is -2.36. The van der Waals surface area contributed by atoms with Gasteiger partial charge in [0.2, 0.25) is 5.91 Å². The van der Waals surface area contributed by atoms with E-state index in [0.29, 0.717) is 0 Å². The highest BCUT2D eigenvalue weighted by Gasteiger charge is 2.29. The van der Waals surface area contributed by atoms with Crippen LogP contribution in [0.5, 0.6) is 0 Å². The van der Waals surface area contributed by atoms with Crippen LogP contribution in [0.3, 0.4) is 0 Å². The van der Waals surface area contributed by atoms with Crippen molar-refractivity contribution in [2.24, 2.45) is 0 Å². The molecule has 0 bridgehead atoms. The largest absolute Gasteiger partial charge is 0.348 e. The summed E-state index contributed by atoms with van der Waals surface area (Å²) < 4.78 is 0. The molecule has 1 aliphatic rings. The summed E-state index contributed by atoms with van der Waals surface area (Å²) in [7, 11) is 0. The van der Waals surface area contributed by atoms with Crippen molar-refractivity contribution in [3.63, 3.8) is 0 Å². The maximum Gasteiger partial charge on any atom is 0.234 e. The van der Waals surface area contributed by atoms with Crippen molar-refractivity contribution >= 4 is 17.7 Å². The van der Waals surface area contributed by atoms with Crippen LogP contribution >= 0.6 is 11.8 Å². The Morgan fingerprint density at radius 2 is 1.58 bits per heavy atom. The SMILES string of the molecule is O=C(NC(Cc1ccccc1)c1ccccc1)C1Cc2ccccc2S1. The highest BCUT2D eigenvalue weighted by molar-refractivity contribution is 8.01. The number of rotatable bonds is 5. The Morgan fingerprint density at radius 3 is 2.31 bits per heavy atom. The van der Waals surface area contributed by atoms with Crippen molar-refractivity contribution in [1.29, 1.82) is 0 Å². The molecule has 3 aromatic rings. The molecule has 130 valence electrons. The predicted molar refractivity (Wildman–Crippen MR) is 107 cm³/mol. The molecule has 0 fully saturated rings. The Hall–Kier alpha value is -2.52. The number of thioether (sulfide) groups is 1. The van der Waals surface area contributed by atoms with Crippen molar-refractivity contribution < 1.29 is 4.79 Å². The minimum Gasteiger partial charge on any atom is -0.348 e. The molecule has 0 saturated heterocycles. The van der Waals surface area contributed by atoms with Crippen LogP contribution in [0.1, 0.15) is 22.7 Å². The van der Waals surface area contributed by atoms with Crippen LogP contribution in [0.2, 0.25) is 0 Å². The first-order valence-corrected chi connectivity index (χ1v) is 9.81. The highest BCUT2D eigenvalue weighted by Crippen LogP contribution is 2.37. The van der Waals surface area contributed by atoms with Gasteiger partial charge in [-0.3, -0.25) is 4.79 Å². The molecule has 1 aliphatic heterocycles. The number of nitrogens with one attached hydrogen (secondary N) is 1. The molecule has 2 atom stereocenters. The van der Waals surface area contributed by atoms with E-state index >= 15 is 0 Å². The molecular formula is C23H21NOS. The predicted octanol–water partition coefficient (Wildman–Crippen LogP) is 4.80. The van der Waals surface area contributed by atoms with Crippen LogP contribution in [-0.2, 0) is 17.6 Å². The van der Waals surface area contributed by atoms with Gasteiger partial charge in [-0.25, -0.2) is 0 Å². The summed E-state index contributed by atoms with van der Waals surface area (Å²) in [6, 6.07) is 28.9. The molecule has 4 rings (SSSR count). The maximum absolute atomic E-state index is 13.0. The zero-order valence-corrected chi connectivity index (χ0v) is 15.3. The number of hydrogen-bond acceptors (Lipinski definition) is 2. The lowest BCUT2D eigenvalue weighted by molar-refractivity contribution is -0.121. The second-order valence-electron chi connectivity index (χ2n) is 6.58. The number of fused-ring (bicyclic) bond motifs is 1. The summed E-state index contributed by atoms with van der Waals surface area (Å²) in [6.07, 6.45) is 1.60. The first kappa shape index (κ1) is 16.9. The summed E-state index contributed by atoms with van der Waals surface area (Å²) in [4.78, 5) is 14.2. The van der Waals surface area contributed by atoms with Gasteiger partial charge in [-0.2, -0.15) is 0 Å². The van der Waals surface area contributed by atoms with Gasteiger partial charge in [0.1, 0.15) is 0 Å². The summed E-state index contributed by atoms with van der Waals surface area (Å²) >= 11 is 1.68. The quantitative estimate of drug-likeness (QED) is 0.709. The number of benzene rings is 3. The summed E-state index contributed by atoms with van der Waals surface area (Å²) in [5, 5.41) is 3.25. The van der Waals surface area contributed by atoms with Crippen molar-refractivity contribution in [1.82, 2.24) is 5.32 Å². The summed E-state index contributed by atoms with van der Waals surface area (Å²) in [6.45, 7) is 0. The number of carbonyl (C=O) groups is 1. The molecule has 3 aromatic carbocycles. The van der Waals surface area contributed by atoms with E-state index in [-0.39, 0.29) is 17.2 Å². The van der Waals surface area contributed by atoms with E-state index in [1.165, 1.54) is 16.0 Å². The molecule has 3 heteroatoms. The van der Waals surface area contributed by atoms with Crippen LogP contribution in [0.4, 0.5) is 0 Å². The third-order valence-corrected chi connectivity index (χ3v) is 6.06. The standard InChI is InChI=1S/C23H21NOS/c25-23(22-16-19-13-7-8-14-21(19)26-22)24-20(18-11-5-2-6-12-18)15-17-9-3-1-4-10-17/h1-14,20,22H,15-16H2,(H,24,25). The van der Waals surface area contributed by atoms with E-state index in [4.69, 9.17) is 0 Å². The molecule has 0 aliphatic carbocycles. The number of carbonyl (C=O) groups excluding carboxylic acids is 1. The molecule has 0 spiro atoms. The van der Waals surface area contributed by atoms with Gasteiger partial charge >= 0.3 is 0 Å². The van der Waals surface area contributed by atoms with E-state index < -0.39 is 0 Å². The maximum atomic E-state index is 13.0. The van der Waals surface area contributed by atoms with E-state index in [9.17, 15) is 4.79 Å². The van der Waals surface area contributed by atoms with Crippen LogP contribution < -0.4 is 5.32 Å². The monoisotopic (exact) mass is 359 g/mol. The third kappa shape index (κ3) is 3.83. The van der Waals surface area contributed by atoms with Crippen molar-refractivity contribution in [2.45, 2.75) is 29.0 Å². The second-order valence-corrected chi connectivity index (χ2v) is 7.82. The van der Waals surface area contributed by atoms with Crippen molar-refractivity contribution in [2.75, 3.05) is 0 Å². The first-order valence-electron chi connectivity index (χ1n) is 8.93. The molecule has 1 amide bonds. The van der Waals surface area contributed by atoms with E-state index in [1.54, 1.807) is 11.8 Å². The van der Waals surface area contributed by atoms with Crippen molar-refractivity contribution in [3.8, 4) is 0 Å². The van der Waals surface area contributed by atoms with E-state index in [0.717, 1.165) is 18.4 Å². The van der Waals surface area contributed by atoms with Crippen LogP contribution in [0, 0.1) is 0 Å². The Bertz CT molecular complexity index is 854. The fourth-order valence-corrected chi connectivity index (χ4v) is 4.58. The third-order valence-electron chi connectivity index (χ3n) is 4.74. The Morgan fingerprint density at radius 1 is 0.923 bits per heavy atom. The lowest BCUT2D eigenvalue weighted by Gasteiger charge is -2.21. The van der Waals surface area contributed by atoms with Gasteiger partial charge in [-0.1, -0.05) is 78.9 Å². The van der Waals surface area contributed by atoms with E-state index in [1.807, 2.05) is 48.5 Å². The van der Waals surface area contributed by atoms with Crippen LogP contribution in [-0.4, -0.2) is 11.2 Å². The molecule has 0 saturated carbocycles. The van der Waals surface area contributed by atoms with Crippen LogP contribution in [0.25, 0.3) is 0 Å². The highest BCUT2D eigenvalue weighted by atomic mass is 32.2. The van der Waals surface area contributed by atoms with E-state index in [2.05, 4.69) is 41.7 Å². The van der Waals surface area contributed by atoms with Gasteiger partial charge in [0.05, 0.1) is 11.3 Å². The zero-order chi connectivity index (χ0) is 17.8. The van der Waals surface area contributed by atoms with Gasteiger partial charge in [0.25, 0.3) is 0 Å². The van der Waals surface area contributed by atoms with Crippen molar-refractivity contribution in [3.05, 3.63) is 102 Å². The van der Waals surface area contributed by atoms with Gasteiger partial charge in [-0.15, -0.1) is 11.8 Å². The number of hydrogen-bond donors (Lipinski definition) is 1. The molecule has 2 nitrogen and oxygen atoms in total. The molecule has 1 heterocycles. The molecule has 1 N–H and O–H groups in total. The Balaban J connectivity index is 1.51. The minimum atomic E-state index is -0.0469. The smallest absolute Gasteiger partial charge is 0.234 e. The van der Waals surface area contributed by atoms with Gasteiger partial charge < -0.3 is 5.32 Å². The molecule has 26 heavy (non-hydrogen) atoms. The molecule has 0 radical (unpaired) electrons. The number of amides is 1. The normalized spacial score (nSPS) is 16.7. The fraction of sp³-hybridized carbons (Fsp3) is 0.174. The minimum absolute atomic E-state index is 0.0181. The van der Waals surface area contributed by atoms with Gasteiger partial charge in [0.15, 0.2) is 0 Å². The Labute approximate surface area is 158 Å².